The Hall–Kier alpha value is -3.08. The molecule has 0 aliphatic carbocycles. The van der Waals surface area contributed by atoms with Crippen LogP contribution in [0.4, 0.5) is 0 Å². The summed E-state index contributed by atoms with van der Waals surface area (Å²) in [6, 6.07) is 13.9. The third kappa shape index (κ3) is 4.80. The highest BCUT2D eigenvalue weighted by Crippen LogP contribution is 2.26. The predicted molar refractivity (Wildman–Crippen MR) is 109 cm³/mol. The van der Waals surface area contributed by atoms with Crippen LogP contribution in [0, 0.1) is 13.8 Å². The highest BCUT2D eigenvalue weighted by molar-refractivity contribution is 5.76. The van der Waals surface area contributed by atoms with E-state index in [4.69, 9.17) is 9.15 Å². The van der Waals surface area contributed by atoms with Crippen molar-refractivity contribution in [3.05, 3.63) is 71.2 Å². The number of carbonyl (C=O) groups excluding carboxylic acids is 1. The first-order valence-corrected chi connectivity index (χ1v) is 9.42. The van der Waals surface area contributed by atoms with Gasteiger partial charge in [0.2, 0.25) is 5.91 Å². The summed E-state index contributed by atoms with van der Waals surface area (Å²) in [7, 11) is 1.64. The van der Waals surface area contributed by atoms with E-state index in [1.807, 2.05) is 63.2 Å². The molecule has 0 bridgehead atoms. The lowest BCUT2D eigenvalue weighted by atomic mass is 10.0. The first kappa shape index (κ1) is 19.7. The molecular formula is C23H26N2O3. The highest BCUT2D eigenvalue weighted by atomic mass is 16.5. The minimum atomic E-state index is -0.143. The van der Waals surface area contributed by atoms with E-state index >= 15 is 0 Å². The average Bonchev–Trinajstić information content (AvgIpc) is 3.16. The standard InChI is InChI=1S/C23H26N2O3/c1-15-5-8-18(9-6-15)21-14-24-23(28-21)12-11-22(26)25-17(3)19-13-16(2)7-10-20(19)27-4/h5-10,13-14,17H,11-12H2,1-4H3,(H,25,26). The van der Waals surface area contributed by atoms with Gasteiger partial charge in [0.1, 0.15) is 5.75 Å². The van der Waals surface area contributed by atoms with Crippen LogP contribution in [-0.4, -0.2) is 18.0 Å². The van der Waals surface area contributed by atoms with E-state index in [0.717, 1.165) is 22.4 Å². The number of aryl methyl sites for hydroxylation is 3. The number of methoxy groups -OCH3 is 1. The molecule has 28 heavy (non-hydrogen) atoms. The van der Waals surface area contributed by atoms with Gasteiger partial charge < -0.3 is 14.5 Å². The fourth-order valence-corrected chi connectivity index (χ4v) is 3.08. The van der Waals surface area contributed by atoms with Gasteiger partial charge in [0.05, 0.1) is 19.3 Å². The van der Waals surface area contributed by atoms with Crippen molar-refractivity contribution in [2.45, 2.75) is 39.7 Å². The number of oxazole rings is 1. The van der Waals surface area contributed by atoms with E-state index in [-0.39, 0.29) is 11.9 Å². The Balaban J connectivity index is 1.57. The first-order valence-electron chi connectivity index (χ1n) is 9.42. The summed E-state index contributed by atoms with van der Waals surface area (Å²) in [6.07, 6.45) is 2.47. The van der Waals surface area contributed by atoms with Crippen LogP contribution in [0.5, 0.6) is 5.75 Å². The molecule has 5 nitrogen and oxygen atoms in total. The summed E-state index contributed by atoms with van der Waals surface area (Å²) in [6.45, 7) is 6.02. The largest absolute Gasteiger partial charge is 0.496 e. The fraction of sp³-hybridized carbons (Fsp3) is 0.304. The molecule has 0 aliphatic rings. The molecule has 0 aliphatic heterocycles. The molecule has 0 saturated carbocycles. The molecule has 3 aromatic rings. The number of nitrogens with zero attached hydrogens (tertiary/aromatic N) is 1. The summed E-state index contributed by atoms with van der Waals surface area (Å²) < 4.78 is 11.2. The number of ether oxygens (including phenoxy) is 1. The molecule has 1 aromatic heterocycles. The van der Waals surface area contributed by atoms with Crippen molar-refractivity contribution >= 4 is 5.91 Å². The number of rotatable bonds is 7. The number of hydrogen-bond donors (Lipinski definition) is 1. The number of aromatic nitrogens is 1. The molecule has 5 heteroatoms. The zero-order chi connectivity index (χ0) is 20.1. The number of amides is 1. The molecule has 3 rings (SSSR count). The van der Waals surface area contributed by atoms with Crippen molar-refractivity contribution in [1.29, 1.82) is 0 Å². The molecule has 1 amide bonds. The zero-order valence-electron chi connectivity index (χ0n) is 16.8. The van der Waals surface area contributed by atoms with Crippen LogP contribution in [0.3, 0.4) is 0 Å². The third-order valence-electron chi connectivity index (χ3n) is 4.68. The number of hydrogen-bond acceptors (Lipinski definition) is 4. The van der Waals surface area contributed by atoms with Gasteiger partial charge in [-0.2, -0.15) is 0 Å². The molecule has 1 heterocycles. The van der Waals surface area contributed by atoms with Crippen LogP contribution in [0.2, 0.25) is 0 Å². The second-order valence-electron chi connectivity index (χ2n) is 7.02. The smallest absolute Gasteiger partial charge is 0.220 e. The van der Waals surface area contributed by atoms with Crippen molar-refractivity contribution in [2.75, 3.05) is 7.11 Å². The molecule has 2 aromatic carbocycles. The van der Waals surface area contributed by atoms with E-state index in [2.05, 4.69) is 10.3 Å². The lowest BCUT2D eigenvalue weighted by molar-refractivity contribution is -0.121. The Morgan fingerprint density at radius 1 is 1.14 bits per heavy atom. The van der Waals surface area contributed by atoms with Crippen LogP contribution in [0.1, 0.15) is 42.0 Å². The second-order valence-corrected chi connectivity index (χ2v) is 7.02. The second kappa shape index (κ2) is 8.74. The van der Waals surface area contributed by atoms with Gasteiger partial charge in [0, 0.05) is 24.0 Å². The molecule has 0 fully saturated rings. The SMILES string of the molecule is COc1ccc(C)cc1C(C)NC(=O)CCc1ncc(-c2ccc(C)cc2)o1. The quantitative estimate of drug-likeness (QED) is 0.643. The monoisotopic (exact) mass is 378 g/mol. The van der Waals surface area contributed by atoms with Gasteiger partial charge in [-0.1, -0.05) is 47.5 Å². The van der Waals surface area contributed by atoms with Crippen molar-refractivity contribution in [3.63, 3.8) is 0 Å². The van der Waals surface area contributed by atoms with E-state index in [0.29, 0.717) is 24.5 Å². The van der Waals surface area contributed by atoms with Gasteiger partial charge in [-0.3, -0.25) is 4.79 Å². The van der Waals surface area contributed by atoms with Crippen LogP contribution in [-0.2, 0) is 11.2 Å². The summed E-state index contributed by atoms with van der Waals surface area (Å²) >= 11 is 0. The lowest BCUT2D eigenvalue weighted by Gasteiger charge is -2.18. The molecular weight excluding hydrogens is 352 g/mol. The molecule has 146 valence electrons. The Kier molecular flexibility index (Phi) is 6.14. The summed E-state index contributed by atoms with van der Waals surface area (Å²) in [5, 5.41) is 3.02. The minimum absolute atomic E-state index is 0.0499. The van der Waals surface area contributed by atoms with E-state index in [1.54, 1.807) is 13.3 Å². The summed E-state index contributed by atoms with van der Waals surface area (Å²) in [4.78, 5) is 16.7. The Labute approximate surface area is 165 Å². The van der Waals surface area contributed by atoms with Gasteiger partial charge in [-0.25, -0.2) is 4.98 Å². The van der Waals surface area contributed by atoms with Gasteiger partial charge in [-0.15, -0.1) is 0 Å². The maximum atomic E-state index is 12.4. The van der Waals surface area contributed by atoms with Gasteiger partial charge in [0.15, 0.2) is 11.7 Å². The van der Waals surface area contributed by atoms with Crippen LogP contribution in [0.25, 0.3) is 11.3 Å². The van der Waals surface area contributed by atoms with E-state index < -0.39 is 0 Å². The van der Waals surface area contributed by atoms with Gasteiger partial charge >= 0.3 is 0 Å². The Bertz CT molecular complexity index is 945. The lowest BCUT2D eigenvalue weighted by Crippen LogP contribution is -2.27. The molecule has 1 N–H and O–H groups in total. The zero-order valence-corrected chi connectivity index (χ0v) is 16.8. The molecule has 0 saturated heterocycles. The van der Waals surface area contributed by atoms with Crippen molar-refractivity contribution < 1.29 is 13.9 Å². The Morgan fingerprint density at radius 3 is 2.57 bits per heavy atom. The third-order valence-corrected chi connectivity index (χ3v) is 4.68. The topological polar surface area (TPSA) is 64.4 Å². The minimum Gasteiger partial charge on any atom is -0.496 e. The van der Waals surface area contributed by atoms with E-state index in [1.165, 1.54) is 5.56 Å². The molecule has 1 unspecified atom stereocenters. The van der Waals surface area contributed by atoms with E-state index in [9.17, 15) is 4.79 Å². The summed E-state index contributed by atoms with van der Waals surface area (Å²) in [5.41, 5.74) is 4.27. The predicted octanol–water partition coefficient (Wildman–Crippen LogP) is 4.78. The number of nitrogens with one attached hydrogen (secondary N) is 1. The normalized spacial score (nSPS) is 11.9. The average molecular weight is 378 g/mol. The Morgan fingerprint density at radius 2 is 1.86 bits per heavy atom. The van der Waals surface area contributed by atoms with Crippen molar-refractivity contribution in [2.24, 2.45) is 0 Å². The number of carbonyl (C=O) groups is 1. The van der Waals surface area contributed by atoms with Gasteiger partial charge in [0.25, 0.3) is 0 Å². The van der Waals surface area contributed by atoms with Crippen molar-refractivity contribution in [1.82, 2.24) is 10.3 Å². The van der Waals surface area contributed by atoms with Crippen LogP contribution < -0.4 is 10.1 Å². The molecule has 0 spiro atoms. The van der Waals surface area contributed by atoms with Crippen LogP contribution in [0.15, 0.2) is 53.1 Å². The summed E-state index contributed by atoms with van der Waals surface area (Å²) in [5.74, 6) is 2.00. The fourth-order valence-electron chi connectivity index (χ4n) is 3.08. The molecule has 0 radical (unpaired) electrons. The van der Waals surface area contributed by atoms with Crippen molar-refractivity contribution in [3.8, 4) is 17.1 Å². The van der Waals surface area contributed by atoms with Gasteiger partial charge in [-0.05, 0) is 26.8 Å². The maximum Gasteiger partial charge on any atom is 0.220 e. The number of benzene rings is 2. The van der Waals surface area contributed by atoms with Crippen LogP contribution >= 0.6 is 0 Å². The highest BCUT2D eigenvalue weighted by Gasteiger charge is 2.15. The molecule has 1 atom stereocenters. The first-order chi connectivity index (χ1) is 13.5. The maximum absolute atomic E-state index is 12.4.